The molecule has 1 unspecified atom stereocenters. The van der Waals surface area contributed by atoms with Crippen LogP contribution in [0.1, 0.15) is 50.5 Å². The first-order valence-electron chi connectivity index (χ1n) is 11.2. The molecule has 1 aliphatic heterocycles. The molecule has 0 saturated carbocycles. The zero-order chi connectivity index (χ0) is 25.8. The van der Waals surface area contributed by atoms with Gasteiger partial charge in [-0.3, -0.25) is 9.59 Å². The highest BCUT2D eigenvalue weighted by Crippen LogP contribution is 2.28. The van der Waals surface area contributed by atoms with Gasteiger partial charge in [-0.15, -0.1) is 0 Å². The molecule has 1 atom stereocenters. The average Bonchev–Trinajstić information content (AvgIpc) is 2.70. The molecule has 8 nitrogen and oxygen atoms in total. The number of halogens is 1. The van der Waals surface area contributed by atoms with Crippen molar-refractivity contribution in [3.63, 3.8) is 0 Å². The quantitative estimate of drug-likeness (QED) is 0.617. The minimum atomic E-state index is -0.565. The van der Waals surface area contributed by atoms with Crippen molar-refractivity contribution in [2.75, 3.05) is 38.6 Å². The topological polar surface area (TPSA) is 91.3 Å². The second kappa shape index (κ2) is 11.0. The van der Waals surface area contributed by atoms with Gasteiger partial charge in [0.15, 0.2) is 0 Å². The summed E-state index contributed by atoms with van der Waals surface area (Å²) in [4.78, 5) is 44.9. The lowest BCUT2D eigenvalue weighted by molar-refractivity contribution is -0.120. The van der Waals surface area contributed by atoms with Crippen LogP contribution < -0.4 is 10.2 Å². The van der Waals surface area contributed by atoms with Crippen molar-refractivity contribution >= 4 is 40.9 Å². The minimum absolute atomic E-state index is 0.161. The molecule has 3 amide bonds. The molecule has 0 bridgehead atoms. The maximum absolute atomic E-state index is 13.0. The number of rotatable bonds is 7. The van der Waals surface area contributed by atoms with Crippen molar-refractivity contribution < 1.29 is 19.1 Å². The molecule has 0 fully saturated rings. The maximum atomic E-state index is 13.0. The molecule has 1 aromatic rings. The van der Waals surface area contributed by atoms with Gasteiger partial charge in [0.05, 0.1) is 5.92 Å². The number of anilines is 1. The smallest absolute Gasteiger partial charge is 0.410 e. The molecule has 1 N–H and O–H groups in total. The molecule has 34 heavy (non-hydrogen) atoms. The zero-order valence-electron chi connectivity index (χ0n) is 21.3. The summed E-state index contributed by atoms with van der Waals surface area (Å²) in [5.41, 5.74) is 2.93. The highest BCUT2D eigenvalue weighted by atomic mass is 35.5. The second-order valence-corrected chi connectivity index (χ2v) is 10.1. The normalized spacial score (nSPS) is 15.9. The van der Waals surface area contributed by atoms with Gasteiger partial charge in [0, 0.05) is 55.7 Å². The Balaban J connectivity index is 2.08. The summed E-state index contributed by atoms with van der Waals surface area (Å²) in [6.45, 7) is 12.0. The highest BCUT2D eigenvalue weighted by Gasteiger charge is 2.25. The van der Waals surface area contributed by atoms with E-state index in [4.69, 9.17) is 16.3 Å². The summed E-state index contributed by atoms with van der Waals surface area (Å²) in [6, 6.07) is 3.40. The predicted octanol–water partition coefficient (Wildman–Crippen LogP) is 4.24. The number of aliphatic imine (C=N–C) groups is 1. The van der Waals surface area contributed by atoms with Gasteiger partial charge in [-0.25, -0.2) is 9.79 Å². The fourth-order valence-electron chi connectivity index (χ4n) is 3.60. The van der Waals surface area contributed by atoms with Gasteiger partial charge in [-0.2, -0.15) is 0 Å². The number of carbonyl (C=O) groups is 3. The summed E-state index contributed by atoms with van der Waals surface area (Å²) in [5.74, 6) is -1.04. The van der Waals surface area contributed by atoms with Crippen LogP contribution in [0.3, 0.4) is 0 Å². The van der Waals surface area contributed by atoms with Gasteiger partial charge in [-0.05, 0) is 65.3 Å². The highest BCUT2D eigenvalue weighted by molar-refractivity contribution is 6.31. The lowest BCUT2D eigenvalue weighted by Gasteiger charge is -2.28. The van der Waals surface area contributed by atoms with Crippen molar-refractivity contribution in [2.24, 2.45) is 10.9 Å². The molecular formula is C25H35ClN4O4. The first kappa shape index (κ1) is 27.4. The van der Waals surface area contributed by atoms with E-state index in [1.807, 2.05) is 52.6 Å². The molecule has 0 spiro atoms. The summed E-state index contributed by atoms with van der Waals surface area (Å²) in [6.07, 6.45) is 1.45. The van der Waals surface area contributed by atoms with Gasteiger partial charge in [0.1, 0.15) is 5.60 Å². The van der Waals surface area contributed by atoms with E-state index in [0.717, 1.165) is 16.8 Å². The number of benzene rings is 1. The number of ether oxygens (including phenoxy) is 1. The van der Waals surface area contributed by atoms with Crippen LogP contribution in [0.25, 0.3) is 0 Å². The maximum Gasteiger partial charge on any atom is 0.410 e. The van der Waals surface area contributed by atoms with Gasteiger partial charge in [0.2, 0.25) is 0 Å². The van der Waals surface area contributed by atoms with E-state index in [-0.39, 0.29) is 18.4 Å². The fourth-order valence-corrected chi connectivity index (χ4v) is 3.81. The van der Waals surface area contributed by atoms with Gasteiger partial charge in [-0.1, -0.05) is 17.2 Å². The van der Waals surface area contributed by atoms with E-state index in [1.165, 1.54) is 4.90 Å². The molecule has 0 aromatic heterocycles. The average molecular weight is 491 g/mol. The number of nitrogens with zero attached hydrogens (tertiary/aromatic N) is 3. The van der Waals surface area contributed by atoms with E-state index < -0.39 is 17.6 Å². The van der Waals surface area contributed by atoms with Crippen molar-refractivity contribution in [1.82, 2.24) is 10.2 Å². The molecule has 9 heteroatoms. The standard InChI is InChI=1S/C25H35ClN4O4/c1-15-11-16(2)28-23(32)20(15)14-27-22(31)19-12-18(26)13-21(17(19)3)29(7)9-10-30(8)24(33)34-25(4,5)6/h11-13,20H,9-10,14H2,1-8H3,(H,27,31). The van der Waals surface area contributed by atoms with Gasteiger partial charge < -0.3 is 19.9 Å². The Morgan fingerprint density at radius 3 is 2.38 bits per heavy atom. The van der Waals surface area contributed by atoms with Crippen LogP contribution in [-0.4, -0.2) is 67.8 Å². The SMILES string of the molecule is CC1=CC(C)=NC(=O)C1CNC(=O)c1cc(Cl)cc(N(C)CCN(C)C(=O)OC(C)(C)C)c1C. The Kier molecular flexibility index (Phi) is 8.89. The van der Waals surface area contributed by atoms with E-state index in [1.54, 1.807) is 26.1 Å². The summed E-state index contributed by atoms with van der Waals surface area (Å²) >= 11 is 6.33. The minimum Gasteiger partial charge on any atom is -0.444 e. The van der Waals surface area contributed by atoms with E-state index in [9.17, 15) is 14.4 Å². The predicted molar refractivity (Wildman–Crippen MR) is 136 cm³/mol. The number of amides is 3. The Labute approximate surface area is 207 Å². The van der Waals surface area contributed by atoms with E-state index >= 15 is 0 Å². The third kappa shape index (κ3) is 7.32. The number of nitrogens with one attached hydrogen (secondary N) is 1. The number of allylic oxidation sites excluding steroid dienone is 1. The zero-order valence-corrected chi connectivity index (χ0v) is 22.0. The van der Waals surface area contributed by atoms with Crippen LogP contribution in [0.4, 0.5) is 10.5 Å². The Hall–Kier alpha value is -2.87. The lowest BCUT2D eigenvalue weighted by Crippen LogP contribution is -2.38. The number of hydrogen-bond acceptors (Lipinski definition) is 5. The van der Waals surface area contributed by atoms with Crippen LogP contribution in [-0.2, 0) is 9.53 Å². The fraction of sp³-hybridized carbons (Fsp3) is 0.520. The monoisotopic (exact) mass is 490 g/mol. The molecule has 1 heterocycles. The second-order valence-electron chi connectivity index (χ2n) is 9.66. The molecule has 0 saturated heterocycles. The summed E-state index contributed by atoms with van der Waals surface area (Å²) in [5, 5.41) is 3.27. The van der Waals surface area contributed by atoms with Crippen LogP contribution in [0.15, 0.2) is 28.8 Å². The number of likely N-dealkylation sites (N-methyl/N-ethyl adjacent to an activating group) is 2. The first-order chi connectivity index (χ1) is 15.7. The molecule has 0 aliphatic carbocycles. The molecule has 1 aliphatic rings. The third-order valence-electron chi connectivity index (χ3n) is 5.51. The Morgan fingerprint density at radius 1 is 1.15 bits per heavy atom. The summed E-state index contributed by atoms with van der Waals surface area (Å²) < 4.78 is 5.39. The molecule has 0 radical (unpaired) electrons. The van der Waals surface area contributed by atoms with Crippen LogP contribution >= 0.6 is 11.6 Å². The number of hydrogen-bond donors (Lipinski definition) is 1. The van der Waals surface area contributed by atoms with E-state index in [2.05, 4.69) is 10.3 Å². The van der Waals surface area contributed by atoms with Crippen molar-refractivity contribution in [1.29, 1.82) is 0 Å². The Bertz CT molecular complexity index is 1030. The number of dihydropyridines is 1. The van der Waals surface area contributed by atoms with Crippen LogP contribution in [0.2, 0.25) is 5.02 Å². The molecular weight excluding hydrogens is 456 g/mol. The van der Waals surface area contributed by atoms with E-state index in [0.29, 0.717) is 29.4 Å². The van der Waals surface area contributed by atoms with Crippen LogP contribution in [0, 0.1) is 12.8 Å². The van der Waals surface area contributed by atoms with Crippen molar-refractivity contribution in [2.45, 2.75) is 47.1 Å². The summed E-state index contributed by atoms with van der Waals surface area (Å²) in [7, 11) is 3.55. The van der Waals surface area contributed by atoms with Crippen molar-refractivity contribution in [3.8, 4) is 0 Å². The molecule has 186 valence electrons. The molecule has 1 aromatic carbocycles. The third-order valence-corrected chi connectivity index (χ3v) is 5.73. The van der Waals surface area contributed by atoms with Crippen LogP contribution in [0.5, 0.6) is 0 Å². The first-order valence-corrected chi connectivity index (χ1v) is 11.6. The van der Waals surface area contributed by atoms with Gasteiger partial charge in [0.25, 0.3) is 11.8 Å². The largest absolute Gasteiger partial charge is 0.444 e. The van der Waals surface area contributed by atoms with Gasteiger partial charge >= 0.3 is 6.09 Å². The lowest BCUT2D eigenvalue weighted by atomic mass is 9.95. The number of carbonyl (C=O) groups excluding carboxylic acids is 3. The Morgan fingerprint density at radius 2 is 1.79 bits per heavy atom. The molecule has 2 rings (SSSR count). The van der Waals surface area contributed by atoms with Crippen molar-refractivity contribution in [3.05, 3.63) is 39.9 Å².